The Morgan fingerprint density at radius 1 is 1.36 bits per heavy atom. The molecule has 1 unspecified atom stereocenters. The minimum atomic E-state index is -0.433. The van der Waals surface area contributed by atoms with Crippen molar-refractivity contribution in [2.75, 3.05) is 51.8 Å². The number of aliphatic hydroxyl groups is 1. The molecule has 1 amide bonds. The summed E-state index contributed by atoms with van der Waals surface area (Å²) in [6, 6.07) is 1.68. The van der Waals surface area contributed by atoms with Crippen LogP contribution in [0.1, 0.15) is 36.5 Å². The molecule has 28 heavy (non-hydrogen) atoms. The van der Waals surface area contributed by atoms with Gasteiger partial charge in [0.25, 0.3) is 5.91 Å². The molecule has 156 valence electrons. The van der Waals surface area contributed by atoms with Gasteiger partial charge in [-0.15, -0.1) is 0 Å². The maximum Gasteiger partial charge on any atom is 0.255 e. The monoisotopic (exact) mass is 411 g/mol. The molecule has 1 aromatic carbocycles. The van der Waals surface area contributed by atoms with E-state index in [2.05, 4.69) is 22.5 Å². The fraction of sp³-hybridized carbons (Fsp3) is 0.650. The highest BCUT2D eigenvalue weighted by molar-refractivity contribution is 6.35. The Kier molecular flexibility index (Phi) is 7.26. The summed E-state index contributed by atoms with van der Waals surface area (Å²) in [6.07, 6.45) is 2.73. The summed E-state index contributed by atoms with van der Waals surface area (Å²) < 4.78 is 11.3. The fourth-order valence-corrected chi connectivity index (χ4v) is 4.00. The molecule has 7 nitrogen and oxygen atoms in total. The van der Waals surface area contributed by atoms with Crippen molar-refractivity contribution in [3.8, 4) is 11.5 Å². The second kappa shape index (κ2) is 9.67. The van der Waals surface area contributed by atoms with Gasteiger partial charge in [0.2, 0.25) is 0 Å². The quantitative estimate of drug-likeness (QED) is 0.639. The molecule has 1 saturated heterocycles. The third-order valence-electron chi connectivity index (χ3n) is 5.42. The van der Waals surface area contributed by atoms with Gasteiger partial charge in [0, 0.05) is 26.1 Å². The van der Waals surface area contributed by atoms with Crippen molar-refractivity contribution >= 4 is 23.2 Å². The smallest absolute Gasteiger partial charge is 0.255 e. The van der Waals surface area contributed by atoms with E-state index in [1.165, 1.54) is 0 Å². The number of halogens is 1. The van der Waals surface area contributed by atoms with Gasteiger partial charge in [-0.05, 0) is 32.0 Å². The topological polar surface area (TPSA) is 83.1 Å². The summed E-state index contributed by atoms with van der Waals surface area (Å²) in [5, 5.41) is 16.8. The van der Waals surface area contributed by atoms with Crippen LogP contribution < -0.4 is 20.1 Å². The highest BCUT2D eigenvalue weighted by atomic mass is 35.5. The number of hydrogen-bond donors (Lipinski definition) is 3. The molecule has 2 aliphatic heterocycles. The number of carbonyl (C=O) groups excluding carboxylic acids is 1. The summed E-state index contributed by atoms with van der Waals surface area (Å²) in [7, 11) is 1.74. The second-order valence-electron chi connectivity index (χ2n) is 7.37. The van der Waals surface area contributed by atoms with Crippen LogP contribution in [0.3, 0.4) is 0 Å². The number of amides is 1. The number of nitrogens with one attached hydrogen (secondary N) is 2. The lowest BCUT2D eigenvalue weighted by Gasteiger charge is -2.36. The van der Waals surface area contributed by atoms with Gasteiger partial charge in [-0.2, -0.15) is 0 Å². The molecule has 2 heterocycles. The average Bonchev–Trinajstić information content (AvgIpc) is 2.71. The van der Waals surface area contributed by atoms with Crippen LogP contribution in [-0.4, -0.2) is 68.5 Å². The molecule has 0 spiro atoms. The molecule has 2 atom stereocenters. The van der Waals surface area contributed by atoms with Crippen LogP contribution in [0, 0.1) is 5.92 Å². The van der Waals surface area contributed by atoms with Crippen molar-refractivity contribution < 1.29 is 19.4 Å². The number of piperidine rings is 1. The molecule has 0 radical (unpaired) electrons. The Balaban J connectivity index is 1.64. The minimum Gasteiger partial charge on any atom is -0.485 e. The van der Waals surface area contributed by atoms with Gasteiger partial charge in [-0.25, -0.2) is 0 Å². The number of β-amino-alcohol motifs (C(OH)–C–C–N with tert-alkyl or cyclic N) is 1. The summed E-state index contributed by atoms with van der Waals surface area (Å²) in [5.41, 5.74) is 0.999. The van der Waals surface area contributed by atoms with Crippen LogP contribution in [0.15, 0.2) is 6.07 Å². The Labute approximate surface area is 171 Å². The number of aliphatic hydroxyl groups excluding tert-OH is 1. The first-order valence-electron chi connectivity index (χ1n) is 10.0. The van der Waals surface area contributed by atoms with E-state index in [4.69, 9.17) is 21.1 Å². The minimum absolute atomic E-state index is 0.0471. The standard InChI is InChI=1S/C20H30ClN3O4/c1-3-4-6-24-7-5-13(16(25)12-24)11-23-20(26)14-10-15(22-2)17(21)19-18(14)27-8-9-28-19/h10,13,16,22,25H,3-9,11-12H2,1-2H3,(H,23,26)/t13-,16?/m0/s1. The molecule has 8 heteroatoms. The van der Waals surface area contributed by atoms with Gasteiger partial charge in [-0.3, -0.25) is 4.79 Å². The number of anilines is 1. The van der Waals surface area contributed by atoms with Crippen molar-refractivity contribution in [2.45, 2.75) is 32.3 Å². The lowest BCUT2D eigenvalue weighted by molar-refractivity contribution is 0.0217. The number of carbonyl (C=O) groups is 1. The van der Waals surface area contributed by atoms with E-state index < -0.39 is 6.10 Å². The van der Waals surface area contributed by atoms with Gasteiger partial charge >= 0.3 is 0 Å². The van der Waals surface area contributed by atoms with Crippen LogP contribution >= 0.6 is 11.6 Å². The van der Waals surface area contributed by atoms with E-state index in [1.54, 1.807) is 13.1 Å². The average molecular weight is 412 g/mol. The van der Waals surface area contributed by atoms with Crippen molar-refractivity contribution in [3.05, 3.63) is 16.7 Å². The third kappa shape index (κ3) is 4.64. The van der Waals surface area contributed by atoms with E-state index in [1.807, 2.05) is 0 Å². The Hall–Kier alpha value is -1.70. The molecular formula is C20H30ClN3O4. The normalized spacial score (nSPS) is 22.0. The van der Waals surface area contributed by atoms with Crippen molar-refractivity contribution in [3.63, 3.8) is 0 Å². The van der Waals surface area contributed by atoms with Crippen LogP contribution in [-0.2, 0) is 0 Å². The lowest BCUT2D eigenvalue weighted by Crippen LogP contribution is -2.47. The summed E-state index contributed by atoms with van der Waals surface area (Å²) >= 11 is 6.33. The number of nitrogens with zero attached hydrogens (tertiary/aromatic N) is 1. The van der Waals surface area contributed by atoms with Crippen molar-refractivity contribution in [2.24, 2.45) is 5.92 Å². The molecule has 0 aromatic heterocycles. The van der Waals surface area contributed by atoms with Crippen LogP contribution in [0.2, 0.25) is 5.02 Å². The molecular weight excluding hydrogens is 382 g/mol. The van der Waals surface area contributed by atoms with Gasteiger partial charge in [0.05, 0.1) is 17.4 Å². The Bertz CT molecular complexity index is 701. The zero-order valence-electron chi connectivity index (χ0n) is 16.6. The maximum absolute atomic E-state index is 12.8. The predicted molar refractivity (Wildman–Crippen MR) is 110 cm³/mol. The first kappa shape index (κ1) is 21.0. The number of benzene rings is 1. The maximum atomic E-state index is 12.8. The zero-order chi connectivity index (χ0) is 20.1. The van der Waals surface area contributed by atoms with Crippen molar-refractivity contribution in [1.29, 1.82) is 0 Å². The fourth-order valence-electron chi connectivity index (χ4n) is 3.72. The molecule has 1 aromatic rings. The van der Waals surface area contributed by atoms with Gasteiger partial charge in [0.1, 0.15) is 18.2 Å². The number of rotatable bonds is 7. The van der Waals surface area contributed by atoms with E-state index in [9.17, 15) is 9.90 Å². The van der Waals surface area contributed by atoms with Crippen LogP contribution in [0.4, 0.5) is 5.69 Å². The largest absolute Gasteiger partial charge is 0.485 e. The van der Waals surface area contributed by atoms with E-state index in [0.29, 0.717) is 54.1 Å². The van der Waals surface area contributed by atoms with E-state index >= 15 is 0 Å². The second-order valence-corrected chi connectivity index (χ2v) is 7.75. The van der Waals surface area contributed by atoms with E-state index in [-0.39, 0.29) is 11.8 Å². The molecule has 0 saturated carbocycles. The molecule has 0 aliphatic carbocycles. The number of fused-ring (bicyclic) bond motifs is 1. The van der Waals surface area contributed by atoms with Gasteiger partial charge in [0.15, 0.2) is 11.5 Å². The molecule has 0 bridgehead atoms. The number of likely N-dealkylation sites (tertiary alicyclic amines) is 1. The van der Waals surface area contributed by atoms with Crippen molar-refractivity contribution in [1.82, 2.24) is 10.2 Å². The zero-order valence-corrected chi connectivity index (χ0v) is 17.3. The lowest BCUT2D eigenvalue weighted by atomic mass is 9.93. The summed E-state index contributed by atoms with van der Waals surface area (Å²) in [6.45, 7) is 6.00. The molecule has 1 fully saturated rings. The third-order valence-corrected chi connectivity index (χ3v) is 5.80. The number of hydrogen-bond acceptors (Lipinski definition) is 6. The number of unbranched alkanes of at least 4 members (excludes halogenated alkanes) is 1. The summed E-state index contributed by atoms with van der Waals surface area (Å²) in [4.78, 5) is 15.1. The highest BCUT2D eigenvalue weighted by Crippen LogP contribution is 2.44. The Morgan fingerprint density at radius 2 is 2.11 bits per heavy atom. The molecule has 3 N–H and O–H groups in total. The first-order chi connectivity index (χ1) is 13.5. The SMILES string of the molecule is CCCCN1CC[C@@H](CNC(=O)c2cc(NC)c(Cl)c3c2OCCO3)C(O)C1. The van der Waals surface area contributed by atoms with E-state index in [0.717, 1.165) is 32.4 Å². The molecule has 2 aliphatic rings. The highest BCUT2D eigenvalue weighted by Gasteiger charge is 2.29. The molecule has 3 rings (SSSR count). The number of ether oxygens (including phenoxy) is 2. The van der Waals surface area contributed by atoms with Crippen LogP contribution in [0.5, 0.6) is 11.5 Å². The van der Waals surface area contributed by atoms with Gasteiger partial charge < -0.3 is 30.1 Å². The summed E-state index contributed by atoms with van der Waals surface area (Å²) in [5.74, 6) is 0.568. The van der Waals surface area contributed by atoms with Gasteiger partial charge in [-0.1, -0.05) is 24.9 Å². The predicted octanol–water partition coefficient (Wildman–Crippen LogP) is 2.37. The Morgan fingerprint density at radius 3 is 2.79 bits per heavy atom. The first-order valence-corrected chi connectivity index (χ1v) is 10.4. The van der Waals surface area contributed by atoms with Crippen LogP contribution in [0.25, 0.3) is 0 Å².